The average molecular weight is 316 g/mol. The highest BCUT2D eigenvalue weighted by Crippen LogP contribution is 2.33. The first-order valence-electron chi connectivity index (χ1n) is 7.16. The van der Waals surface area contributed by atoms with E-state index in [2.05, 4.69) is 0 Å². The first-order chi connectivity index (χ1) is 10.4. The molecule has 7 heteroatoms. The molecule has 122 valence electrons. The molecule has 0 saturated carbocycles. The maximum Gasteiger partial charge on any atom is 0.416 e. The molecule has 0 bridgehead atoms. The van der Waals surface area contributed by atoms with Gasteiger partial charge in [-0.1, -0.05) is 18.2 Å². The maximum absolute atomic E-state index is 13.1. The molecule has 1 amide bonds. The lowest BCUT2D eigenvalue weighted by molar-refractivity contribution is -0.150. The Morgan fingerprint density at radius 3 is 2.73 bits per heavy atom. The Morgan fingerprint density at radius 2 is 2.05 bits per heavy atom. The normalized spacial score (nSPS) is 19.5. The Kier molecular flexibility index (Phi) is 5.42. The van der Waals surface area contributed by atoms with E-state index in [4.69, 9.17) is 10.5 Å². The molecule has 22 heavy (non-hydrogen) atoms. The van der Waals surface area contributed by atoms with E-state index < -0.39 is 11.7 Å². The standard InChI is InChI=1S/C15H19F3N2O2/c16-15(17,18)13-6-2-1-4-11(13)8-20-12(5-3-7-19)9-22-10-14(20)21/h1-2,4,6,12H,3,5,7-10,19H2. The molecule has 0 spiro atoms. The van der Waals surface area contributed by atoms with Crippen molar-refractivity contribution in [1.82, 2.24) is 4.90 Å². The third-order valence-corrected chi connectivity index (χ3v) is 3.70. The minimum atomic E-state index is -4.43. The number of benzene rings is 1. The van der Waals surface area contributed by atoms with Gasteiger partial charge >= 0.3 is 6.18 Å². The quantitative estimate of drug-likeness (QED) is 0.906. The van der Waals surface area contributed by atoms with Gasteiger partial charge in [-0.2, -0.15) is 13.2 Å². The largest absolute Gasteiger partial charge is 0.416 e. The number of carbonyl (C=O) groups is 1. The van der Waals surface area contributed by atoms with Crippen LogP contribution in [0.1, 0.15) is 24.0 Å². The van der Waals surface area contributed by atoms with Crippen molar-refractivity contribution in [3.63, 3.8) is 0 Å². The molecule has 0 radical (unpaired) electrons. The van der Waals surface area contributed by atoms with Gasteiger partial charge in [-0.15, -0.1) is 0 Å². The summed E-state index contributed by atoms with van der Waals surface area (Å²) in [5.74, 6) is -0.287. The summed E-state index contributed by atoms with van der Waals surface area (Å²) in [5.41, 5.74) is 4.86. The fourth-order valence-electron chi connectivity index (χ4n) is 2.59. The molecule has 1 heterocycles. The van der Waals surface area contributed by atoms with Crippen LogP contribution >= 0.6 is 0 Å². The molecule has 1 unspecified atom stereocenters. The minimum absolute atomic E-state index is 0.0624. The van der Waals surface area contributed by atoms with Crippen LogP contribution in [0.5, 0.6) is 0 Å². The van der Waals surface area contributed by atoms with E-state index >= 15 is 0 Å². The van der Waals surface area contributed by atoms with Crippen molar-refractivity contribution < 1.29 is 22.7 Å². The van der Waals surface area contributed by atoms with Crippen LogP contribution in [0.2, 0.25) is 0 Å². The highest BCUT2D eigenvalue weighted by Gasteiger charge is 2.35. The van der Waals surface area contributed by atoms with E-state index in [9.17, 15) is 18.0 Å². The van der Waals surface area contributed by atoms with Gasteiger partial charge in [0.1, 0.15) is 6.61 Å². The lowest BCUT2D eigenvalue weighted by Crippen LogP contribution is -2.49. The summed E-state index contributed by atoms with van der Waals surface area (Å²) >= 11 is 0. The molecule has 4 nitrogen and oxygen atoms in total. The van der Waals surface area contributed by atoms with Crippen LogP contribution in [0.25, 0.3) is 0 Å². The van der Waals surface area contributed by atoms with Gasteiger partial charge in [0.05, 0.1) is 18.2 Å². The van der Waals surface area contributed by atoms with Crippen molar-refractivity contribution in [2.45, 2.75) is 31.6 Å². The Hall–Kier alpha value is -1.60. The second-order valence-corrected chi connectivity index (χ2v) is 5.28. The van der Waals surface area contributed by atoms with Gasteiger partial charge in [0.15, 0.2) is 0 Å². The molecule has 1 aliphatic heterocycles. The molecule has 0 aliphatic carbocycles. The Labute approximate surface area is 127 Å². The molecule has 1 atom stereocenters. The lowest BCUT2D eigenvalue weighted by Gasteiger charge is -2.36. The molecule has 1 aromatic carbocycles. The monoisotopic (exact) mass is 316 g/mol. The zero-order chi connectivity index (χ0) is 16.2. The fourth-order valence-corrected chi connectivity index (χ4v) is 2.59. The lowest BCUT2D eigenvalue weighted by atomic mass is 10.0. The number of morpholine rings is 1. The van der Waals surface area contributed by atoms with Gasteiger partial charge in [-0.25, -0.2) is 0 Å². The Morgan fingerprint density at radius 1 is 1.32 bits per heavy atom. The smallest absolute Gasteiger partial charge is 0.369 e. The van der Waals surface area contributed by atoms with Crippen LogP contribution in [0.3, 0.4) is 0 Å². The Bertz CT molecular complexity index is 520. The highest BCUT2D eigenvalue weighted by molar-refractivity contribution is 5.78. The van der Waals surface area contributed by atoms with Crippen LogP contribution in [0.4, 0.5) is 13.2 Å². The third-order valence-electron chi connectivity index (χ3n) is 3.70. The third kappa shape index (κ3) is 3.98. The van der Waals surface area contributed by atoms with Crippen LogP contribution in [0, 0.1) is 0 Å². The van der Waals surface area contributed by atoms with E-state index in [-0.39, 0.29) is 30.7 Å². The second kappa shape index (κ2) is 7.11. The second-order valence-electron chi connectivity index (χ2n) is 5.28. The number of amides is 1. The number of rotatable bonds is 5. The van der Waals surface area contributed by atoms with E-state index in [1.54, 1.807) is 6.07 Å². The minimum Gasteiger partial charge on any atom is -0.369 e. The summed E-state index contributed by atoms with van der Waals surface area (Å²) < 4.78 is 44.4. The molecule has 1 fully saturated rings. The van der Waals surface area contributed by atoms with Crippen molar-refractivity contribution in [2.75, 3.05) is 19.8 Å². The number of nitrogens with zero attached hydrogens (tertiary/aromatic N) is 1. The number of halogens is 3. The van der Waals surface area contributed by atoms with E-state index in [1.165, 1.54) is 17.0 Å². The zero-order valence-corrected chi connectivity index (χ0v) is 12.1. The maximum atomic E-state index is 13.1. The van der Waals surface area contributed by atoms with Gasteiger partial charge in [-0.3, -0.25) is 4.79 Å². The fraction of sp³-hybridized carbons (Fsp3) is 0.533. The molecule has 2 N–H and O–H groups in total. The number of ether oxygens (including phenoxy) is 1. The predicted molar refractivity (Wildman–Crippen MR) is 74.9 cm³/mol. The van der Waals surface area contributed by atoms with Crippen molar-refractivity contribution in [2.24, 2.45) is 5.73 Å². The Balaban J connectivity index is 2.21. The predicted octanol–water partition coefficient (Wildman–Crippen LogP) is 2.17. The molecule has 1 saturated heterocycles. The number of carbonyl (C=O) groups excluding carboxylic acids is 1. The van der Waals surface area contributed by atoms with Crippen molar-refractivity contribution in [1.29, 1.82) is 0 Å². The van der Waals surface area contributed by atoms with Crippen molar-refractivity contribution in [3.05, 3.63) is 35.4 Å². The van der Waals surface area contributed by atoms with Gasteiger partial charge in [-0.05, 0) is 31.0 Å². The summed E-state index contributed by atoms with van der Waals surface area (Å²) in [5, 5.41) is 0. The summed E-state index contributed by atoms with van der Waals surface area (Å²) in [6.07, 6.45) is -3.12. The van der Waals surface area contributed by atoms with E-state index in [0.717, 1.165) is 6.07 Å². The summed E-state index contributed by atoms with van der Waals surface area (Å²) in [6.45, 7) is 0.651. The van der Waals surface area contributed by atoms with Gasteiger partial charge in [0.25, 0.3) is 0 Å². The van der Waals surface area contributed by atoms with Crippen LogP contribution in [0.15, 0.2) is 24.3 Å². The number of alkyl halides is 3. The molecule has 1 aliphatic rings. The molecule has 0 aromatic heterocycles. The van der Waals surface area contributed by atoms with Crippen molar-refractivity contribution >= 4 is 5.91 Å². The number of hydrogen-bond acceptors (Lipinski definition) is 3. The molecule has 2 rings (SSSR count). The zero-order valence-electron chi connectivity index (χ0n) is 12.1. The number of nitrogens with two attached hydrogens (primary N) is 1. The molecular weight excluding hydrogens is 297 g/mol. The first-order valence-corrected chi connectivity index (χ1v) is 7.16. The van der Waals surface area contributed by atoms with Crippen LogP contribution < -0.4 is 5.73 Å². The molecule has 1 aromatic rings. The van der Waals surface area contributed by atoms with Crippen LogP contribution in [-0.2, 0) is 22.3 Å². The topological polar surface area (TPSA) is 55.6 Å². The van der Waals surface area contributed by atoms with E-state index in [0.29, 0.717) is 26.0 Å². The average Bonchev–Trinajstić information content (AvgIpc) is 2.47. The summed E-state index contributed by atoms with van der Waals surface area (Å²) in [4.78, 5) is 13.5. The first kappa shape index (κ1) is 16.8. The van der Waals surface area contributed by atoms with E-state index in [1.807, 2.05) is 0 Å². The SMILES string of the molecule is NCCCC1COCC(=O)N1Cc1ccccc1C(F)(F)F. The van der Waals surface area contributed by atoms with Gasteiger partial charge < -0.3 is 15.4 Å². The number of hydrogen-bond donors (Lipinski definition) is 1. The molecular formula is C15H19F3N2O2. The summed E-state index contributed by atoms with van der Waals surface area (Å²) in [7, 11) is 0. The van der Waals surface area contributed by atoms with Gasteiger partial charge in [0, 0.05) is 6.54 Å². The summed E-state index contributed by atoms with van der Waals surface area (Å²) in [6, 6.07) is 5.11. The highest BCUT2D eigenvalue weighted by atomic mass is 19.4. The van der Waals surface area contributed by atoms with Crippen LogP contribution in [-0.4, -0.2) is 36.6 Å². The van der Waals surface area contributed by atoms with Gasteiger partial charge in [0.2, 0.25) is 5.91 Å². The van der Waals surface area contributed by atoms with Crippen molar-refractivity contribution in [3.8, 4) is 0 Å².